The standard InChI is InChI=1S/C37H47NO23/c38-23(15-36(58)59)29(45)7-20(13-34(54)55)26(42)4-17(10-31(48)49)24(40)2-1-22(39)3-16(9-30(46)47)25(41)5-18(11-32(50)51)27(43)6-19(12-33(52)53)28(44)8-21(37(60)61)14-35(56)57/h16-21,23H,1-15,38H2,(H,46,47)(H,48,49)(H,50,51)(H,52,53)(H,54,55)(H,56,57)(H,58,59)(H,60,61). The van der Waals surface area contributed by atoms with E-state index in [1.54, 1.807) is 0 Å². The normalized spacial score (nSPS) is 14.4. The molecule has 0 aromatic carbocycles. The van der Waals surface area contributed by atoms with Crippen LogP contribution in [0.1, 0.15) is 96.3 Å². The second kappa shape index (κ2) is 26.5. The number of nitrogens with two attached hydrogens (primary N) is 1. The highest BCUT2D eigenvalue weighted by Crippen LogP contribution is 2.27. The van der Waals surface area contributed by atoms with Crippen molar-refractivity contribution in [2.75, 3.05) is 0 Å². The van der Waals surface area contributed by atoms with E-state index in [0.717, 1.165) is 0 Å². The molecule has 0 spiro atoms. The quantitative estimate of drug-likeness (QED) is 0.0384. The van der Waals surface area contributed by atoms with Gasteiger partial charge in [0.1, 0.15) is 34.7 Å². The van der Waals surface area contributed by atoms with E-state index < -0.39 is 226 Å². The Morgan fingerprint density at radius 2 is 0.525 bits per heavy atom. The van der Waals surface area contributed by atoms with Crippen molar-refractivity contribution in [1.82, 2.24) is 0 Å². The Balaban J connectivity index is 6.10. The molecule has 0 rings (SSSR count). The average molecular weight is 874 g/mol. The summed E-state index contributed by atoms with van der Waals surface area (Å²) >= 11 is 0. The van der Waals surface area contributed by atoms with Crippen molar-refractivity contribution in [3.63, 3.8) is 0 Å². The van der Waals surface area contributed by atoms with E-state index in [1.807, 2.05) is 0 Å². The van der Waals surface area contributed by atoms with E-state index in [0.29, 0.717) is 0 Å². The number of aliphatic carboxylic acids is 8. The summed E-state index contributed by atoms with van der Waals surface area (Å²) in [6, 6.07) is -1.62. The first-order valence-corrected chi connectivity index (χ1v) is 18.3. The molecule has 10 N–H and O–H groups in total. The molecule has 0 aromatic heterocycles. The molecule has 0 bridgehead atoms. The van der Waals surface area contributed by atoms with Gasteiger partial charge in [0.05, 0.1) is 56.9 Å². The molecule has 0 heterocycles. The Morgan fingerprint density at radius 1 is 0.279 bits per heavy atom. The number of carboxylic acids is 8. The molecular weight excluding hydrogens is 826 g/mol. The largest absolute Gasteiger partial charge is 0.481 e. The van der Waals surface area contributed by atoms with Gasteiger partial charge >= 0.3 is 47.8 Å². The Bertz CT molecular complexity index is 1760. The molecule has 0 saturated heterocycles. The Hall–Kier alpha value is -6.59. The van der Waals surface area contributed by atoms with Gasteiger partial charge < -0.3 is 46.6 Å². The lowest BCUT2D eigenvalue weighted by molar-refractivity contribution is -0.150. The van der Waals surface area contributed by atoms with Crippen LogP contribution in [0.4, 0.5) is 0 Å². The molecule has 7 unspecified atom stereocenters. The van der Waals surface area contributed by atoms with Crippen LogP contribution in [0, 0.1) is 35.5 Å². The Morgan fingerprint density at radius 3 is 0.820 bits per heavy atom. The summed E-state index contributed by atoms with van der Waals surface area (Å²) < 4.78 is 0. The number of hydrogen-bond donors (Lipinski definition) is 9. The van der Waals surface area contributed by atoms with E-state index in [2.05, 4.69) is 0 Å². The molecule has 0 aliphatic carbocycles. The van der Waals surface area contributed by atoms with Gasteiger partial charge in [-0.1, -0.05) is 0 Å². The lowest BCUT2D eigenvalue weighted by atomic mass is 9.80. The van der Waals surface area contributed by atoms with Crippen molar-refractivity contribution < 1.29 is 113 Å². The average Bonchev–Trinajstić information content (AvgIpc) is 3.10. The van der Waals surface area contributed by atoms with Gasteiger partial charge in [-0.05, 0) is 0 Å². The maximum atomic E-state index is 13.3. The summed E-state index contributed by atoms with van der Waals surface area (Å²) in [6.07, 6.45) is -14.5. The van der Waals surface area contributed by atoms with Crippen LogP contribution >= 0.6 is 0 Å². The molecule has 0 amide bonds. The molecule has 24 heteroatoms. The molecule has 0 radical (unpaired) electrons. The number of ketones is 7. The molecule has 0 aromatic rings. The Kier molecular flexibility index (Phi) is 23.6. The van der Waals surface area contributed by atoms with Crippen molar-refractivity contribution in [2.45, 2.75) is 102 Å². The van der Waals surface area contributed by atoms with Crippen LogP contribution in [0.25, 0.3) is 0 Å². The molecule has 61 heavy (non-hydrogen) atoms. The molecule has 0 aliphatic heterocycles. The topological polar surface area (TPSA) is 444 Å². The van der Waals surface area contributed by atoms with E-state index in [9.17, 15) is 103 Å². The minimum Gasteiger partial charge on any atom is -0.481 e. The number of hydrogen-bond acceptors (Lipinski definition) is 16. The molecule has 0 saturated carbocycles. The third-order valence-electron chi connectivity index (χ3n) is 9.32. The fraction of sp³-hybridized carbons (Fsp3) is 0.595. The van der Waals surface area contributed by atoms with Crippen LogP contribution in [-0.2, 0) is 71.9 Å². The van der Waals surface area contributed by atoms with Crippen LogP contribution in [0.15, 0.2) is 0 Å². The zero-order chi connectivity index (χ0) is 47.3. The number of carbonyl (C=O) groups excluding carboxylic acids is 7. The van der Waals surface area contributed by atoms with Crippen molar-refractivity contribution >= 4 is 88.2 Å². The minimum atomic E-state index is -1.83. The third kappa shape index (κ3) is 23.0. The predicted molar refractivity (Wildman–Crippen MR) is 194 cm³/mol. The summed E-state index contributed by atoms with van der Waals surface area (Å²) in [5, 5.41) is 73.8. The summed E-state index contributed by atoms with van der Waals surface area (Å²) in [5.74, 6) is -31.1. The second-order valence-corrected chi connectivity index (χ2v) is 14.4. The molecule has 7 atom stereocenters. The Labute approximate surface area is 344 Å². The lowest BCUT2D eigenvalue weighted by Crippen LogP contribution is -2.36. The summed E-state index contributed by atoms with van der Waals surface area (Å²) in [7, 11) is 0. The monoisotopic (exact) mass is 873 g/mol. The van der Waals surface area contributed by atoms with Gasteiger partial charge in [-0.3, -0.25) is 71.9 Å². The van der Waals surface area contributed by atoms with Crippen molar-refractivity contribution in [3.05, 3.63) is 0 Å². The first kappa shape index (κ1) is 54.4. The van der Waals surface area contributed by atoms with Gasteiger partial charge in [0, 0.05) is 81.0 Å². The number of carboxylic acid groups (broad SMARTS) is 8. The van der Waals surface area contributed by atoms with Crippen molar-refractivity contribution in [3.8, 4) is 0 Å². The summed E-state index contributed by atoms with van der Waals surface area (Å²) in [5.41, 5.74) is 5.49. The van der Waals surface area contributed by atoms with Crippen LogP contribution in [0.3, 0.4) is 0 Å². The van der Waals surface area contributed by atoms with Gasteiger partial charge in [0.2, 0.25) is 0 Å². The smallest absolute Gasteiger partial charge is 0.307 e. The van der Waals surface area contributed by atoms with Gasteiger partial charge in [0.15, 0.2) is 5.78 Å². The van der Waals surface area contributed by atoms with Gasteiger partial charge in [-0.15, -0.1) is 0 Å². The van der Waals surface area contributed by atoms with Gasteiger partial charge in [0.25, 0.3) is 0 Å². The summed E-state index contributed by atoms with van der Waals surface area (Å²) in [4.78, 5) is 182. The maximum absolute atomic E-state index is 13.3. The molecule has 338 valence electrons. The van der Waals surface area contributed by atoms with Gasteiger partial charge in [-0.25, -0.2) is 0 Å². The second-order valence-electron chi connectivity index (χ2n) is 14.4. The fourth-order valence-corrected chi connectivity index (χ4v) is 6.19. The van der Waals surface area contributed by atoms with Crippen LogP contribution in [0.2, 0.25) is 0 Å². The minimum absolute atomic E-state index is 0.774. The first-order chi connectivity index (χ1) is 28.1. The van der Waals surface area contributed by atoms with Crippen molar-refractivity contribution in [1.29, 1.82) is 0 Å². The van der Waals surface area contributed by atoms with E-state index in [-0.39, 0.29) is 0 Å². The zero-order valence-electron chi connectivity index (χ0n) is 32.4. The van der Waals surface area contributed by atoms with Crippen LogP contribution in [-0.4, -0.2) is 135 Å². The number of carbonyl (C=O) groups is 15. The maximum Gasteiger partial charge on any atom is 0.307 e. The predicted octanol–water partition coefficient (Wildman–Crippen LogP) is -0.477. The highest BCUT2D eigenvalue weighted by molar-refractivity contribution is 5.99. The van der Waals surface area contributed by atoms with Crippen LogP contribution < -0.4 is 5.73 Å². The third-order valence-corrected chi connectivity index (χ3v) is 9.32. The van der Waals surface area contributed by atoms with E-state index in [1.165, 1.54) is 0 Å². The summed E-state index contributed by atoms with van der Waals surface area (Å²) in [6.45, 7) is 0. The van der Waals surface area contributed by atoms with E-state index >= 15 is 0 Å². The zero-order valence-corrected chi connectivity index (χ0v) is 32.4. The number of Topliss-reactive ketones (excluding diaryl/α,β-unsaturated/α-hetero) is 7. The highest BCUT2D eigenvalue weighted by atomic mass is 16.4. The van der Waals surface area contributed by atoms with E-state index in [4.69, 9.17) is 15.9 Å². The lowest BCUT2D eigenvalue weighted by Gasteiger charge is -2.21. The molecular formula is C37H47NO23. The SMILES string of the molecule is NC(CC(=O)O)C(=O)CC(CC(=O)O)C(=O)CC(CC(=O)O)C(=O)CCC(=O)CC(CC(=O)O)C(=O)CC(CC(=O)O)C(=O)CC(CC(=O)O)C(=O)CC(CC(=O)O)C(=O)O. The first-order valence-electron chi connectivity index (χ1n) is 18.3. The molecule has 24 nitrogen and oxygen atoms in total. The van der Waals surface area contributed by atoms with Gasteiger partial charge in [-0.2, -0.15) is 0 Å². The fourth-order valence-electron chi connectivity index (χ4n) is 6.19. The number of rotatable bonds is 36. The molecule has 0 aliphatic rings. The highest BCUT2D eigenvalue weighted by Gasteiger charge is 2.36. The van der Waals surface area contributed by atoms with Crippen molar-refractivity contribution in [2.24, 2.45) is 41.2 Å². The molecule has 0 fully saturated rings. The van der Waals surface area contributed by atoms with Crippen LogP contribution in [0.5, 0.6) is 0 Å².